The molecule has 11 nitrogen and oxygen atoms in total. The maximum absolute atomic E-state index is 14.5. The van der Waals surface area contributed by atoms with Crippen molar-refractivity contribution in [2.45, 2.75) is 38.6 Å². The van der Waals surface area contributed by atoms with Crippen LogP contribution in [0.25, 0.3) is 11.0 Å². The number of rotatable bonds is 9. The molecule has 2 aliphatic rings. The molecule has 2 aromatic carbocycles. The van der Waals surface area contributed by atoms with Crippen LogP contribution in [0.3, 0.4) is 0 Å². The Kier molecular flexibility index (Phi) is 8.36. The molecule has 2 fully saturated rings. The topological polar surface area (TPSA) is 119 Å². The van der Waals surface area contributed by atoms with Gasteiger partial charge in [0.05, 0.1) is 60.2 Å². The van der Waals surface area contributed by atoms with E-state index in [9.17, 15) is 13.6 Å². The highest BCUT2D eigenvalue weighted by molar-refractivity contribution is 5.93. The van der Waals surface area contributed by atoms with Crippen molar-refractivity contribution in [2.24, 2.45) is 0 Å². The van der Waals surface area contributed by atoms with Crippen molar-refractivity contribution >= 4 is 23.0 Å². The molecule has 0 aliphatic carbocycles. The van der Waals surface area contributed by atoms with Crippen LogP contribution in [0.15, 0.2) is 42.6 Å². The van der Waals surface area contributed by atoms with E-state index in [-0.39, 0.29) is 35.8 Å². The molecule has 0 N–H and O–H groups in total. The number of nitrogens with zero attached hydrogens (tertiary/aromatic N) is 7. The molecule has 0 amide bonds. The van der Waals surface area contributed by atoms with Crippen LogP contribution in [-0.4, -0.2) is 76.4 Å². The van der Waals surface area contributed by atoms with Gasteiger partial charge in [0.25, 0.3) is 5.88 Å². The van der Waals surface area contributed by atoms with Crippen LogP contribution in [-0.2, 0) is 22.6 Å². The third-order valence-electron chi connectivity index (χ3n) is 8.14. The molecular weight excluding hydrogens is 572 g/mol. The van der Waals surface area contributed by atoms with E-state index in [0.29, 0.717) is 44.2 Å². The molecule has 2 aliphatic heterocycles. The number of benzene rings is 2. The van der Waals surface area contributed by atoms with Gasteiger partial charge in [-0.25, -0.2) is 19.2 Å². The van der Waals surface area contributed by atoms with E-state index in [4.69, 9.17) is 24.5 Å². The smallest absolute Gasteiger partial charge is 0.337 e. The van der Waals surface area contributed by atoms with Gasteiger partial charge in [-0.1, -0.05) is 6.07 Å². The van der Waals surface area contributed by atoms with Gasteiger partial charge < -0.3 is 23.7 Å². The van der Waals surface area contributed by atoms with Crippen LogP contribution in [0.2, 0.25) is 0 Å². The first-order chi connectivity index (χ1) is 21.3. The predicted molar refractivity (Wildman–Crippen MR) is 155 cm³/mol. The van der Waals surface area contributed by atoms with Gasteiger partial charge in [0.15, 0.2) is 0 Å². The average Bonchev–Trinajstić information content (AvgIpc) is 3.39. The van der Waals surface area contributed by atoms with Gasteiger partial charge in [0.1, 0.15) is 18.2 Å². The summed E-state index contributed by atoms with van der Waals surface area (Å²) in [7, 11) is 1.36. The van der Waals surface area contributed by atoms with E-state index in [0.717, 1.165) is 42.1 Å². The van der Waals surface area contributed by atoms with E-state index in [2.05, 4.69) is 26.4 Å². The molecule has 0 bridgehead atoms. The number of halogens is 2. The number of carbonyl (C=O) groups is 1. The fraction of sp³-hybridized carbons (Fsp3) is 0.387. The Bertz CT molecular complexity index is 1730. The van der Waals surface area contributed by atoms with Gasteiger partial charge in [-0.05, 0) is 43.7 Å². The fourth-order valence-corrected chi connectivity index (χ4v) is 5.48. The molecular formula is C31H31F2N7O4. The second-order valence-corrected chi connectivity index (χ2v) is 10.8. The summed E-state index contributed by atoms with van der Waals surface area (Å²) in [5.41, 5.74) is 2.49. The highest BCUT2D eigenvalue weighted by Gasteiger charge is 2.30. The molecule has 4 heterocycles. The number of hydrogen-bond donors (Lipinski definition) is 0. The van der Waals surface area contributed by atoms with Crippen LogP contribution in [0.4, 0.5) is 14.7 Å². The van der Waals surface area contributed by atoms with Gasteiger partial charge in [-0.2, -0.15) is 14.6 Å². The lowest BCUT2D eigenvalue weighted by atomic mass is 10.1. The number of piperazine rings is 1. The number of fused-ring (bicyclic) bond motifs is 1. The van der Waals surface area contributed by atoms with E-state index >= 15 is 0 Å². The SMILES string of the molecule is COC(=O)c1ccc2nc([C@H](C)N3CCN(c4ncc(F)c(OCc5ccc(C#N)cc5F)n4)CC3)n(CC3CCO3)c2c1. The first kappa shape index (κ1) is 29.4. The Hall–Kier alpha value is -4.67. The summed E-state index contributed by atoms with van der Waals surface area (Å²) in [6, 6.07) is 11.2. The molecule has 44 heavy (non-hydrogen) atoms. The van der Waals surface area contributed by atoms with Gasteiger partial charge in [-0.15, -0.1) is 0 Å². The quantitative estimate of drug-likeness (QED) is 0.260. The van der Waals surface area contributed by atoms with Crippen molar-refractivity contribution in [1.29, 1.82) is 5.26 Å². The second-order valence-electron chi connectivity index (χ2n) is 10.8. The van der Waals surface area contributed by atoms with Crippen molar-refractivity contribution in [3.8, 4) is 11.9 Å². The van der Waals surface area contributed by atoms with Gasteiger partial charge in [0.2, 0.25) is 11.8 Å². The summed E-state index contributed by atoms with van der Waals surface area (Å²) in [5, 5.41) is 8.93. The summed E-state index contributed by atoms with van der Waals surface area (Å²) in [6.07, 6.45) is 2.11. The summed E-state index contributed by atoms with van der Waals surface area (Å²) in [4.78, 5) is 29.9. The number of methoxy groups -OCH3 is 1. The van der Waals surface area contributed by atoms with Crippen LogP contribution in [0, 0.1) is 23.0 Å². The minimum absolute atomic E-state index is 0.0402. The highest BCUT2D eigenvalue weighted by Crippen LogP contribution is 2.29. The lowest BCUT2D eigenvalue weighted by Crippen LogP contribution is -2.48. The number of hydrogen-bond acceptors (Lipinski definition) is 10. The Morgan fingerprint density at radius 1 is 1.14 bits per heavy atom. The molecule has 228 valence electrons. The number of anilines is 1. The van der Waals surface area contributed by atoms with Crippen LogP contribution in [0.1, 0.15) is 46.7 Å². The van der Waals surface area contributed by atoms with Crippen molar-refractivity contribution in [3.63, 3.8) is 0 Å². The third-order valence-corrected chi connectivity index (χ3v) is 8.14. The number of esters is 1. The Balaban J connectivity index is 1.15. The van der Waals surface area contributed by atoms with Crippen LogP contribution >= 0.6 is 0 Å². The summed E-state index contributed by atoms with van der Waals surface area (Å²) in [5.74, 6) is -0.828. The minimum Gasteiger partial charge on any atom is -0.470 e. The first-order valence-corrected chi connectivity index (χ1v) is 14.4. The third kappa shape index (κ3) is 5.91. The largest absolute Gasteiger partial charge is 0.470 e. The van der Waals surface area contributed by atoms with Gasteiger partial charge in [-0.3, -0.25) is 4.90 Å². The van der Waals surface area contributed by atoms with Crippen molar-refractivity contribution in [2.75, 3.05) is 44.8 Å². The second kappa shape index (κ2) is 12.5. The van der Waals surface area contributed by atoms with E-state index < -0.39 is 17.6 Å². The van der Waals surface area contributed by atoms with E-state index in [1.165, 1.54) is 19.2 Å². The summed E-state index contributed by atoms with van der Waals surface area (Å²) >= 11 is 0. The van der Waals surface area contributed by atoms with Crippen molar-refractivity contribution in [3.05, 3.63) is 76.7 Å². The summed E-state index contributed by atoms with van der Waals surface area (Å²) in [6.45, 7) is 5.75. The minimum atomic E-state index is -0.750. The predicted octanol–water partition coefficient (Wildman–Crippen LogP) is 4.01. The lowest BCUT2D eigenvalue weighted by molar-refractivity contribution is -0.0594. The number of aromatic nitrogens is 4. The molecule has 2 atom stereocenters. The average molecular weight is 604 g/mol. The lowest BCUT2D eigenvalue weighted by Gasteiger charge is -2.38. The van der Waals surface area contributed by atoms with Crippen molar-refractivity contribution in [1.82, 2.24) is 24.4 Å². The molecule has 0 saturated carbocycles. The Morgan fingerprint density at radius 3 is 2.61 bits per heavy atom. The first-order valence-electron chi connectivity index (χ1n) is 14.4. The zero-order chi connectivity index (χ0) is 30.8. The van der Waals surface area contributed by atoms with E-state index in [1.807, 2.05) is 23.1 Å². The molecule has 13 heteroatoms. The standard InChI is InChI=1S/C31H31F2N7O4/c1-19(28-36-26-6-5-21(30(41)42-2)14-27(26)40(28)17-23-7-12-43-23)38-8-10-39(11-9-38)31-35-16-25(33)29(37-31)44-18-22-4-3-20(15-34)13-24(22)32/h3-6,13-14,16,19,23H,7-12,17-18H2,1-2H3/t19-,23?/m0/s1. The number of imidazole rings is 1. The molecule has 2 aromatic heterocycles. The Labute approximate surface area is 252 Å². The van der Waals surface area contributed by atoms with E-state index in [1.54, 1.807) is 6.07 Å². The van der Waals surface area contributed by atoms with Gasteiger partial charge >= 0.3 is 5.97 Å². The van der Waals surface area contributed by atoms with Crippen LogP contribution in [0.5, 0.6) is 5.88 Å². The van der Waals surface area contributed by atoms with Crippen molar-refractivity contribution < 1.29 is 27.8 Å². The molecule has 1 unspecified atom stereocenters. The maximum atomic E-state index is 14.5. The number of ether oxygens (including phenoxy) is 3. The highest BCUT2D eigenvalue weighted by atomic mass is 19.1. The Morgan fingerprint density at radius 2 is 1.93 bits per heavy atom. The number of carbonyl (C=O) groups excluding carboxylic acids is 1. The zero-order valence-electron chi connectivity index (χ0n) is 24.4. The van der Waals surface area contributed by atoms with Crippen LogP contribution < -0.4 is 9.64 Å². The fourth-order valence-electron chi connectivity index (χ4n) is 5.48. The zero-order valence-corrected chi connectivity index (χ0v) is 24.4. The molecule has 0 spiro atoms. The number of nitriles is 1. The van der Waals surface area contributed by atoms with Gasteiger partial charge in [0, 0.05) is 38.3 Å². The molecule has 6 rings (SSSR count). The monoisotopic (exact) mass is 603 g/mol. The normalized spacial score (nSPS) is 17.6. The maximum Gasteiger partial charge on any atom is 0.337 e. The summed E-state index contributed by atoms with van der Waals surface area (Å²) < 4.78 is 47.1. The molecule has 4 aromatic rings. The molecule has 2 saturated heterocycles. The molecule has 0 radical (unpaired) electrons.